The highest BCUT2D eigenvalue weighted by atomic mass is 16.2. The number of nitrogens with one attached hydrogen (secondary N) is 2. The molecule has 0 aromatic carbocycles. The molecule has 2 aliphatic carbocycles. The minimum absolute atomic E-state index is 0.0519. The molecule has 7 heteroatoms. The quantitative estimate of drug-likeness (QED) is 0.652. The van der Waals surface area contributed by atoms with Gasteiger partial charge in [0.15, 0.2) is 0 Å². The van der Waals surface area contributed by atoms with Gasteiger partial charge in [-0.1, -0.05) is 46.5 Å². The molecule has 2 N–H and O–H groups in total. The molecule has 0 unspecified atom stereocenters. The number of aromatic nitrogens is 2. The van der Waals surface area contributed by atoms with E-state index in [1.807, 2.05) is 11.1 Å². The van der Waals surface area contributed by atoms with Crippen LogP contribution in [0.1, 0.15) is 90.5 Å². The normalized spacial score (nSPS) is 30.6. The average molecular weight is 454 g/mol. The van der Waals surface area contributed by atoms with Crippen LogP contribution in [0.25, 0.3) is 0 Å². The standard InChI is InChI=1S/C26H39N5O2/c1-4-25(2,3)18-8-7-9-19(14-18)29-24-28-16-17-15-26(12-13-27-22(26)32)23(33)31(21(17)30-24)20-10-5-6-11-20/h16,18-20H,4-15H2,1-3H3,(H,27,32)(H,28,29,30)/t18-,19+,26-/m1/s1. The molecule has 1 aromatic rings. The predicted molar refractivity (Wildman–Crippen MR) is 129 cm³/mol. The van der Waals surface area contributed by atoms with Gasteiger partial charge in [0.25, 0.3) is 0 Å². The van der Waals surface area contributed by atoms with E-state index in [-0.39, 0.29) is 17.9 Å². The van der Waals surface area contributed by atoms with Crippen LogP contribution in [-0.2, 0) is 16.0 Å². The van der Waals surface area contributed by atoms with Gasteiger partial charge in [0.2, 0.25) is 17.8 Å². The Hall–Kier alpha value is -2.18. The fourth-order valence-corrected chi connectivity index (χ4v) is 6.58. The van der Waals surface area contributed by atoms with E-state index in [0.29, 0.717) is 42.7 Å². The van der Waals surface area contributed by atoms with Crippen LogP contribution in [0.15, 0.2) is 6.20 Å². The third kappa shape index (κ3) is 3.91. The lowest BCUT2D eigenvalue weighted by Crippen LogP contribution is -2.56. The molecule has 0 radical (unpaired) electrons. The van der Waals surface area contributed by atoms with Crippen molar-refractivity contribution < 1.29 is 9.59 Å². The monoisotopic (exact) mass is 453 g/mol. The summed E-state index contributed by atoms with van der Waals surface area (Å²) in [7, 11) is 0. The van der Waals surface area contributed by atoms with Gasteiger partial charge < -0.3 is 10.6 Å². The van der Waals surface area contributed by atoms with Crippen molar-refractivity contribution in [3.05, 3.63) is 11.8 Å². The summed E-state index contributed by atoms with van der Waals surface area (Å²) in [6, 6.07) is 0.493. The third-order valence-electron chi connectivity index (χ3n) is 9.18. The average Bonchev–Trinajstić information content (AvgIpc) is 3.46. The maximum atomic E-state index is 13.8. The van der Waals surface area contributed by atoms with E-state index in [2.05, 4.69) is 36.4 Å². The Kier molecular flexibility index (Phi) is 5.86. The highest BCUT2D eigenvalue weighted by Crippen LogP contribution is 2.45. The molecule has 5 rings (SSSR count). The predicted octanol–water partition coefficient (Wildman–Crippen LogP) is 4.22. The van der Waals surface area contributed by atoms with Crippen molar-refractivity contribution in [3.8, 4) is 0 Å². The summed E-state index contributed by atoms with van der Waals surface area (Å²) in [5, 5.41) is 6.51. The summed E-state index contributed by atoms with van der Waals surface area (Å²) in [5.74, 6) is 1.87. The molecule has 1 spiro atoms. The molecule has 7 nitrogen and oxygen atoms in total. The number of hydrogen-bond acceptors (Lipinski definition) is 5. The van der Waals surface area contributed by atoms with E-state index < -0.39 is 5.41 Å². The highest BCUT2D eigenvalue weighted by Gasteiger charge is 2.56. The molecule has 2 saturated carbocycles. The van der Waals surface area contributed by atoms with Crippen LogP contribution in [0.2, 0.25) is 0 Å². The van der Waals surface area contributed by atoms with Crippen molar-refractivity contribution in [3.63, 3.8) is 0 Å². The molecule has 3 atom stereocenters. The zero-order valence-electron chi connectivity index (χ0n) is 20.5. The minimum Gasteiger partial charge on any atom is -0.355 e. The summed E-state index contributed by atoms with van der Waals surface area (Å²) in [6.07, 6.45) is 13.0. The summed E-state index contributed by atoms with van der Waals surface area (Å²) in [4.78, 5) is 38.0. The van der Waals surface area contributed by atoms with Gasteiger partial charge >= 0.3 is 0 Å². The molecule has 3 fully saturated rings. The second-order valence-electron chi connectivity index (χ2n) is 11.5. The lowest BCUT2D eigenvalue weighted by atomic mass is 9.68. The second kappa shape index (κ2) is 8.55. The van der Waals surface area contributed by atoms with Crippen LogP contribution in [0.5, 0.6) is 0 Å². The van der Waals surface area contributed by atoms with Crippen molar-refractivity contribution in [2.75, 3.05) is 16.8 Å². The van der Waals surface area contributed by atoms with Gasteiger partial charge in [-0.3, -0.25) is 14.5 Å². The molecule has 33 heavy (non-hydrogen) atoms. The lowest BCUT2D eigenvalue weighted by molar-refractivity contribution is -0.140. The number of nitrogens with zero attached hydrogens (tertiary/aromatic N) is 3. The fourth-order valence-electron chi connectivity index (χ4n) is 6.58. The first-order valence-corrected chi connectivity index (χ1v) is 13.1. The summed E-state index contributed by atoms with van der Waals surface area (Å²) in [5.41, 5.74) is 0.299. The van der Waals surface area contributed by atoms with Crippen LogP contribution in [0.3, 0.4) is 0 Å². The van der Waals surface area contributed by atoms with E-state index in [9.17, 15) is 9.59 Å². The zero-order valence-corrected chi connectivity index (χ0v) is 20.5. The number of hydrogen-bond donors (Lipinski definition) is 2. The Morgan fingerprint density at radius 2 is 1.97 bits per heavy atom. The summed E-state index contributed by atoms with van der Waals surface area (Å²) < 4.78 is 0. The van der Waals surface area contributed by atoms with Crippen LogP contribution >= 0.6 is 0 Å². The number of anilines is 2. The van der Waals surface area contributed by atoms with Crippen LogP contribution in [-0.4, -0.2) is 40.4 Å². The smallest absolute Gasteiger partial charge is 0.244 e. The maximum absolute atomic E-state index is 13.8. The molecule has 2 aliphatic heterocycles. The molecule has 2 amide bonds. The van der Waals surface area contributed by atoms with Crippen molar-refractivity contribution in [1.29, 1.82) is 0 Å². The first-order chi connectivity index (χ1) is 15.8. The summed E-state index contributed by atoms with van der Waals surface area (Å²) in [6.45, 7) is 7.62. The van der Waals surface area contributed by atoms with Crippen LogP contribution < -0.4 is 15.5 Å². The summed E-state index contributed by atoms with van der Waals surface area (Å²) >= 11 is 0. The van der Waals surface area contributed by atoms with E-state index in [4.69, 9.17) is 4.98 Å². The van der Waals surface area contributed by atoms with Crippen LogP contribution in [0.4, 0.5) is 11.8 Å². The van der Waals surface area contributed by atoms with Crippen molar-refractivity contribution >= 4 is 23.6 Å². The number of carbonyl (C=O) groups excluding carboxylic acids is 2. The molecule has 3 heterocycles. The Morgan fingerprint density at radius 3 is 2.67 bits per heavy atom. The van der Waals surface area contributed by atoms with Gasteiger partial charge in [-0.05, 0) is 49.9 Å². The van der Waals surface area contributed by atoms with Gasteiger partial charge in [0.1, 0.15) is 11.2 Å². The Labute approximate surface area is 197 Å². The Balaban J connectivity index is 1.42. The second-order valence-corrected chi connectivity index (χ2v) is 11.5. The van der Waals surface area contributed by atoms with E-state index in [1.165, 1.54) is 19.3 Å². The number of carbonyl (C=O) groups is 2. The van der Waals surface area contributed by atoms with Gasteiger partial charge in [-0.15, -0.1) is 0 Å². The van der Waals surface area contributed by atoms with Crippen molar-refractivity contribution in [2.45, 2.75) is 103 Å². The highest BCUT2D eigenvalue weighted by molar-refractivity contribution is 6.14. The third-order valence-corrected chi connectivity index (χ3v) is 9.18. The Morgan fingerprint density at radius 1 is 1.18 bits per heavy atom. The topological polar surface area (TPSA) is 87.2 Å². The van der Waals surface area contributed by atoms with E-state index in [1.54, 1.807) is 0 Å². The van der Waals surface area contributed by atoms with Gasteiger partial charge in [-0.2, -0.15) is 4.98 Å². The molecule has 4 aliphatic rings. The largest absolute Gasteiger partial charge is 0.355 e. The molecule has 180 valence electrons. The number of fused-ring (bicyclic) bond motifs is 1. The van der Waals surface area contributed by atoms with E-state index in [0.717, 1.165) is 49.9 Å². The lowest BCUT2D eigenvalue weighted by Gasteiger charge is -2.41. The maximum Gasteiger partial charge on any atom is 0.244 e. The molecule has 0 bridgehead atoms. The Bertz CT molecular complexity index is 925. The first-order valence-electron chi connectivity index (χ1n) is 13.1. The van der Waals surface area contributed by atoms with Crippen LogP contribution in [0, 0.1) is 16.7 Å². The number of amides is 2. The molecular formula is C26H39N5O2. The number of rotatable bonds is 5. The van der Waals surface area contributed by atoms with Gasteiger partial charge in [0, 0.05) is 36.8 Å². The van der Waals surface area contributed by atoms with Crippen molar-refractivity contribution in [1.82, 2.24) is 15.3 Å². The zero-order chi connectivity index (χ0) is 23.2. The fraction of sp³-hybridized carbons (Fsp3) is 0.769. The minimum atomic E-state index is -0.976. The van der Waals surface area contributed by atoms with Gasteiger partial charge in [0.05, 0.1) is 0 Å². The molecular weight excluding hydrogens is 414 g/mol. The molecule has 1 saturated heterocycles. The molecule has 1 aromatic heterocycles. The first kappa shape index (κ1) is 22.6. The van der Waals surface area contributed by atoms with Gasteiger partial charge in [-0.25, -0.2) is 4.98 Å². The SMILES string of the molecule is CCC(C)(C)[C@@H]1CCC[C@H](Nc2ncc3c(n2)N(C2CCCC2)C(=O)[C@]2(CCNC2=O)C3)C1. The van der Waals surface area contributed by atoms with Crippen molar-refractivity contribution in [2.24, 2.45) is 16.7 Å². The van der Waals surface area contributed by atoms with E-state index >= 15 is 0 Å².